The minimum Gasteiger partial charge on any atom is -0.339 e. The zero-order valence-electron chi connectivity index (χ0n) is 11.7. The predicted octanol–water partition coefficient (Wildman–Crippen LogP) is 2.95. The molecular formula is C16H19N3O. The minimum absolute atomic E-state index is 0.141. The fourth-order valence-corrected chi connectivity index (χ4v) is 2.63. The molecule has 1 amide bonds. The number of hydrogen-bond acceptors (Lipinski definition) is 2. The number of amides is 1. The first kappa shape index (κ1) is 12.9. The molecule has 1 fully saturated rings. The van der Waals surface area contributed by atoms with E-state index < -0.39 is 0 Å². The molecule has 104 valence electrons. The summed E-state index contributed by atoms with van der Waals surface area (Å²) in [6.45, 7) is 3.99. The molecule has 1 aromatic carbocycles. The number of hydrogen-bond donors (Lipinski definition) is 1. The van der Waals surface area contributed by atoms with Crippen molar-refractivity contribution in [2.75, 3.05) is 13.1 Å². The number of aromatic nitrogens is 2. The molecule has 0 atom stereocenters. The molecule has 1 saturated heterocycles. The van der Waals surface area contributed by atoms with Crippen LogP contribution in [0.1, 0.15) is 30.1 Å². The lowest BCUT2D eigenvalue weighted by atomic mass is 9.98. The Morgan fingerprint density at radius 1 is 1.30 bits per heavy atom. The van der Waals surface area contributed by atoms with Gasteiger partial charge in [-0.1, -0.05) is 19.1 Å². The second kappa shape index (κ2) is 5.49. The molecule has 1 aliphatic heterocycles. The average molecular weight is 269 g/mol. The molecule has 2 heterocycles. The van der Waals surface area contributed by atoms with E-state index in [1.54, 1.807) is 6.20 Å². The van der Waals surface area contributed by atoms with Crippen LogP contribution in [0.5, 0.6) is 0 Å². The van der Waals surface area contributed by atoms with Gasteiger partial charge in [-0.25, -0.2) is 0 Å². The van der Waals surface area contributed by atoms with Crippen molar-refractivity contribution in [2.24, 2.45) is 5.92 Å². The summed E-state index contributed by atoms with van der Waals surface area (Å²) in [5.74, 6) is 0.874. The zero-order chi connectivity index (χ0) is 13.9. The Morgan fingerprint density at radius 2 is 2.10 bits per heavy atom. The molecule has 0 unspecified atom stereocenters. The molecule has 3 rings (SSSR count). The van der Waals surface area contributed by atoms with Crippen molar-refractivity contribution in [3.63, 3.8) is 0 Å². The van der Waals surface area contributed by atoms with Crippen molar-refractivity contribution in [1.29, 1.82) is 0 Å². The number of likely N-dealkylation sites (tertiary alicyclic amines) is 1. The van der Waals surface area contributed by atoms with E-state index in [1.165, 1.54) is 0 Å². The highest BCUT2D eigenvalue weighted by atomic mass is 16.2. The lowest BCUT2D eigenvalue weighted by Gasteiger charge is -2.30. The molecule has 0 spiro atoms. The van der Waals surface area contributed by atoms with Gasteiger partial charge < -0.3 is 4.90 Å². The fraction of sp³-hybridized carbons (Fsp3) is 0.375. The largest absolute Gasteiger partial charge is 0.339 e. The van der Waals surface area contributed by atoms with E-state index in [0.29, 0.717) is 0 Å². The van der Waals surface area contributed by atoms with Crippen LogP contribution < -0.4 is 0 Å². The fourth-order valence-electron chi connectivity index (χ4n) is 2.63. The van der Waals surface area contributed by atoms with Crippen LogP contribution in [-0.2, 0) is 0 Å². The van der Waals surface area contributed by atoms with Crippen molar-refractivity contribution >= 4 is 5.91 Å². The Balaban J connectivity index is 1.80. The van der Waals surface area contributed by atoms with Crippen LogP contribution in [0, 0.1) is 5.92 Å². The van der Waals surface area contributed by atoms with Gasteiger partial charge in [-0.3, -0.25) is 9.89 Å². The molecule has 1 aromatic heterocycles. The molecular weight excluding hydrogens is 250 g/mol. The highest BCUT2D eigenvalue weighted by Crippen LogP contribution is 2.22. The Labute approximate surface area is 118 Å². The Bertz CT molecular complexity index is 584. The molecule has 20 heavy (non-hydrogen) atoms. The summed E-state index contributed by atoms with van der Waals surface area (Å²) in [6, 6.07) is 7.78. The van der Waals surface area contributed by atoms with Crippen molar-refractivity contribution < 1.29 is 4.79 Å². The number of piperidine rings is 1. The lowest BCUT2D eigenvalue weighted by molar-refractivity contribution is 0.0697. The molecule has 0 aliphatic carbocycles. The second-order valence-corrected chi connectivity index (χ2v) is 5.54. The SMILES string of the molecule is CC1CCN(C(=O)c2cccc(-c3cn[nH]c3)c2)CC1. The van der Waals surface area contributed by atoms with E-state index in [9.17, 15) is 4.79 Å². The van der Waals surface area contributed by atoms with Gasteiger partial charge in [0.15, 0.2) is 0 Å². The number of benzene rings is 1. The molecule has 0 radical (unpaired) electrons. The van der Waals surface area contributed by atoms with Crippen LogP contribution in [0.25, 0.3) is 11.1 Å². The van der Waals surface area contributed by atoms with Gasteiger partial charge in [0.1, 0.15) is 0 Å². The van der Waals surface area contributed by atoms with Gasteiger partial charge in [-0.15, -0.1) is 0 Å². The van der Waals surface area contributed by atoms with Crippen molar-refractivity contribution in [3.05, 3.63) is 42.2 Å². The van der Waals surface area contributed by atoms with Crippen LogP contribution >= 0.6 is 0 Å². The van der Waals surface area contributed by atoms with Gasteiger partial charge in [-0.05, 0) is 36.5 Å². The maximum Gasteiger partial charge on any atom is 0.253 e. The van der Waals surface area contributed by atoms with E-state index in [-0.39, 0.29) is 5.91 Å². The van der Waals surface area contributed by atoms with Crippen molar-refractivity contribution in [3.8, 4) is 11.1 Å². The van der Waals surface area contributed by atoms with Crippen LogP contribution in [0.3, 0.4) is 0 Å². The average Bonchev–Trinajstić information content (AvgIpc) is 3.02. The van der Waals surface area contributed by atoms with E-state index >= 15 is 0 Å². The maximum atomic E-state index is 12.5. The topological polar surface area (TPSA) is 49.0 Å². The first-order valence-electron chi connectivity index (χ1n) is 7.12. The van der Waals surface area contributed by atoms with Gasteiger partial charge in [0.05, 0.1) is 6.20 Å². The minimum atomic E-state index is 0.141. The van der Waals surface area contributed by atoms with Gasteiger partial charge >= 0.3 is 0 Å². The second-order valence-electron chi connectivity index (χ2n) is 5.54. The van der Waals surface area contributed by atoms with Crippen LogP contribution in [0.4, 0.5) is 0 Å². The zero-order valence-corrected chi connectivity index (χ0v) is 11.7. The number of H-pyrrole nitrogens is 1. The number of nitrogens with one attached hydrogen (secondary N) is 1. The highest BCUT2D eigenvalue weighted by Gasteiger charge is 2.21. The number of rotatable bonds is 2. The van der Waals surface area contributed by atoms with Crippen molar-refractivity contribution in [2.45, 2.75) is 19.8 Å². The predicted molar refractivity (Wildman–Crippen MR) is 78.3 cm³/mol. The van der Waals surface area contributed by atoms with Crippen LogP contribution in [-0.4, -0.2) is 34.1 Å². The number of nitrogens with zero attached hydrogens (tertiary/aromatic N) is 2. The quantitative estimate of drug-likeness (QED) is 0.911. The van der Waals surface area contributed by atoms with E-state index in [1.807, 2.05) is 35.4 Å². The molecule has 4 nitrogen and oxygen atoms in total. The summed E-state index contributed by atoms with van der Waals surface area (Å²) in [7, 11) is 0. The molecule has 2 aromatic rings. The normalized spacial score (nSPS) is 16.4. The highest BCUT2D eigenvalue weighted by molar-refractivity contribution is 5.95. The summed E-state index contributed by atoms with van der Waals surface area (Å²) < 4.78 is 0. The third-order valence-electron chi connectivity index (χ3n) is 4.01. The number of carbonyl (C=O) groups excluding carboxylic acids is 1. The smallest absolute Gasteiger partial charge is 0.253 e. The molecule has 0 bridgehead atoms. The van der Waals surface area contributed by atoms with Crippen molar-refractivity contribution in [1.82, 2.24) is 15.1 Å². The third kappa shape index (κ3) is 2.59. The summed E-state index contributed by atoms with van der Waals surface area (Å²) in [5, 5.41) is 6.75. The van der Waals surface area contributed by atoms with Gasteiger partial charge in [0, 0.05) is 30.4 Å². The number of aromatic amines is 1. The summed E-state index contributed by atoms with van der Waals surface area (Å²) >= 11 is 0. The summed E-state index contributed by atoms with van der Waals surface area (Å²) in [6.07, 6.45) is 5.82. The van der Waals surface area contributed by atoms with Gasteiger partial charge in [0.2, 0.25) is 0 Å². The molecule has 1 N–H and O–H groups in total. The first-order chi connectivity index (χ1) is 9.74. The first-order valence-corrected chi connectivity index (χ1v) is 7.12. The van der Waals surface area contributed by atoms with Gasteiger partial charge in [-0.2, -0.15) is 5.10 Å². The van der Waals surface area contributed by atoms with Crippen LogP contribution in [0.2, 0.25) is 0 Å². The molecule has 0 saturated carbocycles. The van der Waals surface area contributed by atoms with E-state index in [4.69, 9.17) is 0 Å². The van der Waals surface area contributed by atoms with E-state index in [0.717, 1.165) is 48.5 Å². The number of carbonyl (C=O) groups is 1. The monoisotopic (exact) mass is 269 g/mol. The summed E-state index contributed by atoms with van der Waals surface area (Å²) in [4.78, 5) is 14.5. The van der Waals surface area contributed by atoms with Crippen LogP contribution in [0.15, 0.2) is 36.7 Å². The molecule has 1 aliphatic rings. The van der Waals surface area contributed by atoms with E-state index in [2.05, 4.69) is 17.1 Å². The third-order valence-corrected chi connectivity index (χ3v) is 4.01. The maximum absolute atomic E-state index is 12.5. The molecule has 4 heteroatoms. The Morgan fingerprint density at radius 3 is 2.80 bits per heavy atom. The van der Waals surface area contributed by atoms with Gasteiger partial charge in [0.25, 0.3) is 5.91 Å². The Hall–Kier alpha value is -2.10. The lowest BCUT2D eigenvalue weighted by Crippen LogP contribution is -2.37. The Kier molecular flexibility index (Phi) is 3.54. The standard InChI is InChI=1S/C16H19N3O/c1-12-5-7-19(8-6-12)16(20)14-4-2-3-13(9-14)15-10-17-18-11-15/h2-4,9-12H,5-8H2,1H3,(H,17,18). The summed E-state index contributed by atoms with van der Waals surface area (Å²) in [5.41, 5.74) is 2.79.